The molecule has 3 aromatic carbocycles. The van der Waals surface area contributed by atoms with Crippen LogP contribution in [0.15, 0.2) is 82.2 Å². The summed E-state index contributed by atoms with van der Waals surface area (Å²) in [4.78, 5) is 19.7. The highest BCUT2D eigenvalue weighted by atomic mass is 35.5. The van der Waals surface area contributed by atoms with Gasteiger partial charge in [-0.3, -0.25) is 4.79 Å². The molecule has 0 radical (unpaired) electrons. The van der Waals surface area contributed by atoms with Crippen molar-refractivity contribution in [3.8, 4) is 11.3 Å². The fourth-order valence-corrected chi connectivity index (χ4v) is 4.65. The minimum absolute atomic E-state index is 0.220. The summed E-state index contributed by atoms with van der Waals surface area (Å²) in [6.07, 6.45) is 0. The van der Waals surface area contributed by atoms with Crippen molar-refractivity contribution >= 4 is 57.5 Å². The van der Waals surface area contributed by atoms with Gasteiger partial charge in [-0.05, 0) is 42.5 Å². The van der Waals surface area contributed by atoms with Gasteiger partial charge in [0.2, 0.25) is 4.80 Å². The van der Waals surface area contributed by atoms with Crippen molar-refractivity contribution < 1.29 is 9.18 Å². The lowest BCUT2D eigenvalue weighted by Crippen LogP contribution is -2.27. The van der Waals surface area contributed by atoms with Crippen molar-refractivity contribution in [3.05, 3.63) is 98.3 Å². The number of carbonyl (C=O) groups is 1. The molecular formula is C24H15Cl2FN4OS. The number of rotatable bonds is 3. The Hall–Kier alpha value is -3.26. The molecule has 0 bridgehead atoms. The summed E-state index contributed by atoms with van der Waals surface area (Å²) in [5.74, 6) is -0.566. The van der Waals surface area contributed by atoms with E-state index in [1.54, 1.807) is 40.9 Å². The molecule has 2 heterocycles. The minimum atomic E-state index is -0.346. The van der Waals surface area contributed by atoms with E-state index in [1.165, 1.54) is 23.5 Å². The summed E-state index contributed by atoms with van der Waals surface area (Å²) in [6, 6.07) is 18.6. The van der Waals surface area contributed by atoms with Crippen molar-refractivity contribution in [1.82, 2.24) is 4.68 Å². The lowest BCUT2D eigenvalue weighted by Gasteiger charge is -2.08. The summed E-state index contributed by atoms with van der Waals surface area (Å²) in [5.41, 5.74) is 3.82. The van der Waals surface area contributed by atoms with Gasteiger partial charge < -0.3 is 4.90 Å². The van der Waals surface area contributed by atoms with E-state index in [0.29, 0.717) is 31.9 Å². The second kappa shape index (κ2) is 8.59. The molecule has 1 aromatic heterocycles. The number of halogens is 3. The molecule has 33 heavy (non-hydrogen) atoms. The van der Waals surface area contributed by atoms with E-state index >= 15 is 0 Å². The number of para-hydroxylation sites is 1. The molecule has 5 nitrogen and oxygen atoms in total. The first kappa shape index (κ1) is 21.6. The van der Waals surface area contributed by atoms with Crippen LogP contribution in [0.25, 0.3) is 11.3 Å². The Morgan fingerprint density at radius 2 is 1.73 bits per heavy atom. The molecule has 0 saturated carbocycles. The summed E-state index contributed by atoms with van der Waals surface area (Å²) in [6.45, 7) is 0. The Kier molecular flexibility index (Phi) is 5.62. The highest BCUT2D eigenvalue weighted by Gasteiger charge is 2.31. The van der Waals surface area contributed by atoms with Gasteiger partial charge in [0.05, 0.1) is 27.1 Å². The highest BCUT2D eigenvalue weighted by molar-refractivity contribution is 7.07. The Balaban J connectivity index is 1.75. The van der Waals surface area contributed by atoms with Crippen molar-refractivity contribution in [2.24, 2.45) is 10.1 Å². The number of hydrogen-bond acceptors (Lipinski definition) is 4. The standard InChI is InChI=1S/C24H15Cl2FN4OS/c1-30-20-5-3-2-4-17(20)22(23(30)32)29-31-21(14-6-11-18(25)19(26)12-14)13-33-24(31)28-16-9-7-15(27)8-10-16/h2-13H,1H3/b28-24?,29-22+. The maximum absolute atomic E-state index is 13.4. The third kappa shape index (κ3) is 3.99. The first-order valence-corrected chi connectivity index (χ1v) is 11.5. The second-order valence-electron chi connectivity index (χ2n) is 7.26. The zero-order valence-electron chi connectivity index (χ0n) is 17.2. The predicted octanol–water partition coefficient (Wildman–Crippen LogP) is 6.12. The van der Waals surface area contributed by atoms with Gasteiger partial charge in [0, 0.05) is 23.6 Å². The quantitative estimate of drug-likeness (QED) is 0.336. The number of nitrogens with zero attached hydrogens (tertiary/aromatic N) is 4. The number of fused-ring (bicyclic) bond motifs is 1. The molecular weight excluding hydrogens is 482 g/mol. The second-order valence-corrected chi connectivity index (χ2v) is 8.91. The van der Waals surface area contributed by atoms with Crippen LogP contribution in [-0.2, 0) is 4.79 Å². The number of hydrogen-bond donors (Lipinski definition) is 0. The Labute approximate surface area is 202 Å². The van der Waals surface area contributed by atoms with Crippen LogP contribution in [0.3, 0.4) is 0 Å². The van der Waals surface area contributed by atoms with Crippen LogP contribution in [0, 0.1) is 5.82 Å². The Bertz CT molecular complexity index is 1490. The number of carbonyl (C=O) groups excluding carboxylic acids is 1. The molecule has 0 unspecified atom stereocenters. The topological polar surface area (TPSA) is 50.0 Å². The van der Waals surface area contributed by atoms with E-state index < -0.39 is 0 Å². The van der Waals surface area contributed by atoms with Crippen LogP contribution in [-0.4, -0.2) is 23.3 Å². The lowest BCUT2D eigenvalue weighted by molar-refractivity contribution is -0.112. The highest BCUT2D eigenvalue weighted by Crippen LogP contribution is 2.31. The Morgan fingerprint density at radius 1 is 0.970 bits per heavy atom. The van der Waals surface area contributed by atoms with E-state index in [-0.39, 0.29) is 11.7 Å². The number of thiazole rings is 1. The van der Waals surface area contributed by atoms with E-state index in [4.69, 9.17) is 28.3 Å². The van der Waals surface area contributed by atoms with Crippen LogP contribution in [0.5, 0.6) is 0 Å². The molecule has 0 spiro atoms. The average molecular weight is 497 g/mol. The van der Waals surface area contributed by atoms with Gasteiger partial charge in [-0.2, -0.15) is 5.10 Å². The Morgan fingerprint density at radius 3 is 2.48 bits per heavy atom. The number of anilines is 1. The largest absolute Gasteiger partial charge is 0.309 e. The van der Waals surface area contributed by atoms with Crippen molar-refractivity contribution in [2.45, 2.75) is 0 Å². The lowest BCUT2D eigenvalue weighted by atomic mass is 10.1. The molecule has 1 aliphatic heterocycles. The molecule has 164 valence electrons. The van der Waals surface area contributed by atoms with Crippen LogP contribution in [0.2, 0.25) is 10.0 Å². The summed E-state index contributed by atoms with van der Waals surface area (Å²) >= 11 is 13.7. The summed E-state index contributed by atoms with van der Waals surface area (Å²) in [5, 5.41) is 7.46. The van der Waals surface area contributed by atoms with Crippen LogP contribution in [0.4, 0.5) is 15.8 Å². The molecule has 0 atom stereocenters. The van der Waals surface area contributed by atoms with E-state index in [2.05, 4.69) is 4.99 Å². The molecule has 0 saturated heterocycles. The number of benzene rings is 3. The van der Waals surface area contributed by atoms with Gasteiger partial charge in [0.25, 0.3) is 5.91 Å². The van der Waals surface area contributed by atoms with Crippen LogP contribution in [0.1, 0.15) is 5.56 Å². The van der Waals surface area contributed by atoms with Crippen molar-refractivity contribution in [3.63, 3.8) is 0 Å². The van der Waals surface area contributed by atoms with Crippen LogP contribution >= 0.6 is 34.5 Å². The smallest absolute Gasteiger partial charge is 0.279 e. The monoisotopic (exact) mass is 496 g/mol. The number of amides is 1. The maximum atomic E-state index is 13.4. The van der Waals surface area contributed by atoms with E-state index in [1.807, 2.05) is 35.7 Å². The normalized spacial score (nSPS) is 14.9. The number of aromatic nitrogens is 1. The van der Waals surface area contributed by atoms with Crippen molar-refractivity contribution in [2.75, 3.05) is 11.9 Å². The minimum Gasteiger partial charge on any atom is -0.309 e. The molecule has 0 fully saturated rings. The average Bonchev–Trinajstić information content (AvgIpc) is 3.32. The predicted molar refractivity (Wildman–Crippen MR) is 131 cm³/mol. The molecule has 9 heteroatoms. The first-order chi connectivity index (χ1) is 15.9. The van der Waals surface area contributed by atoms with Gasteiger partial charge in [-0.1, -0.05) is 47.5 Å². The molecule has 4 aromatic rings. The molecule has 0 N–H and O–H groups in total. The third-order valence-electron chi connectivity index (χ3n) is 5.18. The van der Waals surface area contributed by atoms with Gasteiger partial charge in [-0.15, -0.1) is 11.3 Å². The molecule has 5 rings (SSSR count). The summed E-state index contributed by atoms with van der Waals surface area (Å²) < 4.78 is 15.0. The van der Waals surface area contributed by atoms with Crippen LogP contribution < -0.4 is 9.70 Å². The summed E-state index contributed by atoms with van der Waals surface area (Å²) in [7, 11) is 1.71. The fraction of sp³-hybridized carbons (Fsp3) is 0.0417. The van der Waals surface area contributed by atoms with Gasteiger partial charge in [0.15, 0.2) is 5.71 Å². The molecule has 1 amide bonds. The van der Waals surface area contributed by atoms with Gasteiger partial charge >= 0.3 is 0 Å². The van der Waals surface area contributed by atoms with Gasteiger partial charge in [-0.25, -0.2) is 14.1 Å². The molecule has 1 aliphatic rings. The zero-order chi connectivity index (χ0) is 23.1. The SMILES string of the molecule is CN1C(=O)/C(=N/n2c(-c3ccc(Cl)c(Cl)c3)csc2=Nc2ccc(F)cc2)c2ccccc21. The van der Waals surface area contributed by atoms with E-state index in [0.717, 1.165) is 16.8 Å². The zero-order valence-corrected chi connectivity index (χ0v) is 19.5. The fourth-order valence-electron chi connectivity index (χ4n) is 3.50. The first-order valence-electron chi connectivity index (χ1n) is 9.85. The third-order valence-corrected chi connectivity index (χ3v) is 6.73. The molecule has 0 aliphatic carbocycles. The number of likely N-dealkylation sites (N-methyl/N-ethyl adjacent to an activating group) is 1. The van der Waals surface area contributed by atoms with E-state index in [9.17, 15) is 9.18 Å². The van der Waals surface area contributed by atoms with Gasteiger partial charge in [0.1, 0.15) is 5.82 Å². The van der Waals surface area contributed by atoms with Crippen molar-refractivity contribution in [1.29, 1.82) is 0 Å². The maximum Gasteiger partial charge on any atom is 0.279 e.